The van der Waals surface area contributed by atoms with E-state index in [-0.39, 0.29) is 5.91 Å². The number of aromatic amines is 1. The Balaban J connectivity index is 1.28. The minimum absolute atomic E-state index is 0.150. The predicted octanol–water partition coefficient (Wildman–Crippen LogP) is 3.10. The Morgan fingerprint density at radius 1 is 1.28 bits per heavy atom. The number of amides is 1. The summed E-state index contributed by atoms with van der Waals surface area (Å²) in [6.45, 7) is 1.56. The molecule has 2 aromatic carbocycles. The van der Waals surface area contributed by atoms with Crippen molar-refractivity contribution in [3.05, 3.63) is 53.9 Å². The highest BCUT2D eigenvalue weighted by molar-refractivity contribution is 5.91. The van der Waals surface area contributed by atoms with Crippen LogP contribution >= 0.6 is 0 Å². The molecule has 0 radical (unpaired) electrons. The summed E-state index contributed by atoms with van der Waals surface area (Å²) < 4.78 is 16.5. The summed E-state index contributed by atoms with van der Waals surface area (Å²) >= 11 is 0. The van der Waals surface area contributed by atoms with Gasteiger partial charge in [-0.2, -0.15) is 0 Å². The molecule has 0 unspecified atom stereocenters. The molecule has 0 fully saturated rings. The van der Waals surface area contributed by atoms with Crippen LogP contribution in [0.4, 0.5) is 0 Å². The Morgan fingerprint density at radius 2 is 2.14 bits per heavy atom. The Morgan fingerprint density at radius 3 is 3.00 bits per heavy atom. The van der Waals surface area contributed by atoms with E-state index in [0.29, 0.717) is 37.0 Å². The molecule has 7 heteroatoms. The minimum atomic E-state index is -0.150. The molecule has 0 saturated carbocycles. The molecule has 2 N–H and O–H groups in total. The maximum absolute atomic E-state index is 12.1. The number of methoxy groups -OCH3 is 1. The number of rotatable bonds is 7. The molecule has 0 atom stereocenters. The SMILES string of the molecule is COc1cc(/C=C/C(=O)NCCCc2nc3ccccc3[nH]2)cc2c1OCCO2. The van der Waals surface area contributed by atoms with E-state index < -0.39 is 0 Å². The number of nitrogens with one attached hydrogen (secondary N) is 2. The number of nitrogens with zero attached hydrogens (tertiary/aromatic N) is 1. The Hall–Kier alpha value is -3.48. The molecule has 1 amide bonds. The average Bonchev–Trinajstić information content (AvgIpc) is 3.17. The van der Waals surface area contributed by atoms with Gasteiger partial charge in [0.2, 0.25) is 11.7 Å². The largest absolute Gasteiger partial charge is 0.493 e. The molecule has 3 aromatic rings. The lowest BCUT2D eigenvalue weighted by atomic mass is 10.1. The lowest BCUT2D eigenvalue weighted by Crippen LogP contribution is -2.22. The first-order chi connectivity index (χ1) is 14.2. The minimum Gasteiger partial charge on any atom is -0.493 e. The van der Waals surface area contributed by atoms with Crippen molar-refractivity contribution >= 4 is 23.0 Å². The van der Waals surface area contributed by atoms with Crippen LogP contribution in [0.2, 0.25) is 0 Å². The Kier molecular flexibility index (Phi) is 5.65. The van der Waals surface area contributed by atoms with Crippen LogP contribution in [0.5, 0.6) is 17.2 Å². The number of carbonyl (C=O) groups is 1. The van der Waals surface area contributed by atoms with Gasteiger partial charge in [-0.3, -0.25) is 4.79 Å². The molecule has 150 valence electrons. The number of fused-ring (bicyclic) bond motifs is 2. The summed E-state index contributed by atoms with van der Waals surface area (Å²) in [5.74, 6) is 2.60. The van der Waals surface area contributed by atoms with E-state index in [1.165, 1.54) is 6.08 Å². The second kappa shape index (κ2) is 8.68. The standard InChI is InChI=1S/C22H23N3O4/c1-27-18-13-15(14-19-22(18)29-12-11-28-19)8-9-21(26)23-10-4-7-20-24-16-5-2-3-6-17(16)25-20/h2-3,5-6,8-9,13-14H,4,7,10-12H2,1H3,(H,23,26)(H,24,25)/b9-8+. The summed E-state index contributed by atoms with van der Waals surface area (Å²) in [5.41, 5.74) is 2.80. The highest BCUT2D eigenvalue weighted by Crippen LogP contribution is 2.40. The topological polar surface area (TPSA) is 85.5 Å². The number of para-hydroxylation sites is 2. The van der Waals surface area contributed by atoms with Crippen molar-refractivity contribution in [1.29, 1.82) is 0 Å². The molecule has 1 aliphatic heterocycles. The predicted molar refractivity (Wildman–Crippen MR) is 110 cm³/mol. The average molecular weight is 393 g/mol. The zero-order valence-electron chi connectivity index (χ0n) is 16.2. The molecular formula is C22H23N3O4. The van der Waals surface area contributed by atoms with Crippen molar-refractivity contribution in [2.24, 2.45) is 0 Å². The molecule has 0 aliphatic carbocycles. The fourth-order valence-electron chi connectivity index (χ4n) is 3.21. The normalized spacial score (nSPS) is 13.0. The van der Waals surface area contributed by atoms with Gasteiger partial charge in [-0.25, -0.2) is 4.98 Å². The van der Waals surface area contributed by atoms with Crippen molar-refractivity contribution < 1.29 is 19.0 Å². The fourth-order valence-corrected chi connectivity index (χ4v) is 3.21. The van der Waals surface area contributed by atoms with Crippen molar-refractivity contribution in [1.82, 2.24) is 15.3 Å². The van der Waals surface area contributed by atoms with Crippen LogP contribution in [0.25, 0.3) is 17.1 Å². The van der Waals surface area contributed by atoms with Gasteiger partial charge >= 0.3 is 0 Å². The number of H-pyrrole nitrogens is 1. The first-order valence-electron chi connectivity index (χ1n) is 9.60. The number of ether oxygens (including phenoxy) is 3. The van der Waals surface area contributed by atoms with E-state index in [9.17, 15) is 4.79 Å². The van der Waals surface area contributed by atoms with Gasteiger partial charge in [-0.05, 0) is 42.3 Å². The highest BCUT2D eigenvalue weighted by atomic mass is 16.6. The number of benzene rings is 2. The van der Waals surface area contributed by atoms with Crippen molar-refractivity contribution in [2.75, 3.05) is 26.9 Å². The van der Waals surface area contributed by atoms with E-state index >= 15 is 0 Å². The smallest absolute Gasteiger partial charge is 0.243 e. The van der Waals surface area contributed by atoms with Gasteiger partial charge in [0.1, 0.15) is 19.0 Å². The third-order valence-corrected chi connectivity index (χ3v) is 4.61. The number of aromatic nitrogens is 2. The van der Waals surface area contributed by atoms with Crippen LogP contribution in [-0.2, 0) is 11.2 Å². The quantitative estimate of drug-likeness (QED) is 0.476. The molecule has 4 rings (SSSR count). The van der Waals surface area contributed by atoms with Crippen molar-refractivity contribution in [3.8, 4) is 17.2 Å². The first-order valence-corrected chi connectivity index (χ1v) is 9.60. The molecule has 0 bridgehead atoms. The van der Waals surface area contributed by atoms with Crippen LogP contribution in [0.15, 0.2) is 42.5 Å². The van der Waals surface area contributed by atoms with Gasteiger partial charge in [0, 0.05) is 19.0 Å². The molecule has 7 nitrogen and oxygen atoms in total. The summed E-state index contributed by atoms with van der Waals surface area (Å²) in [6, 6.07) is 11.6. The van der Waals surface area contributed by atoms with Gasteiger partial charge in [0.25, 0.3) is 0 Å². The molecular weight excluding hydrogens is 370 g/mol. The number of imidazole rings is 1. The first kappa shape index (κ1) is 18.9. The van der Waals surface area contributed by atoms with Crippen LogP contribution < -0.4 is 19.5 Å². The summed E-state index contributed by atoms with van der Waals surface area (Å²) in [7, 11) is 1.58. The van der Waals surface area contributed by atoms with E-state index in [4.69, 9.17) is 14.2 Å². The zero-order chi connectivity index (χ0) is 20.1. The van der Waals surface area contributed by atoms with E-state index in [1.54, 1.807) is 13.2 Å². The second-order valence-electron chi connectivity index (χ2n) is 6.68. The lowest BCUT2D eigenvalue weighted by molar-refractivity contribution is -0.116. The van der Waals surface area contributed by atoms with E-state index in [1.807, 2.05) is 36.4 Å². The monoisotopic (exact) mass is 393 g/mol. The van der Waals surface area contributed by atoms with E-state index in [2.05, 4.69) is 15.3 Å². The fraction of sp³-hybridized carbons (Fsp3) is 0.273. The van der Waals surface area contributed by atoms with Gasteiger partial charge in [-0.15, -0.1) is 0 Å². The molecule has 1 aliphatic rings. The molecule has 1 aromatic heterocycles. The van der Waals surface area contributed by atoms with Crippen LogP contribution in [0.3, 0.4) is 0 Å². The number of carbonyl (C=O) groups excluding carboxylic acids is 1. The Labute approximate surface area is 168 Å². The number of aryl methyl sites for hydroxylation is 1. The number of hydrogen-bond acceptors (Lipinski definition) is 5. The molecule has 2 heterocycles. The van der Waals surface area contributed by atoms with Crippen LogP contribution in [0, 0.1) is 0 Å². The number of hydrogen-bond donors (Lipinski definition) is 2. The van der Waals surface area contributed by atoms with Crippen LogP contribution in [-0.4, -0.2) is 42.7 Å². The van der Waals surface area contributed by atoms with Crippen molar-refractivity contribution in [2.45, 2.75) is 12.8 Å². The third kappa shape index (κ3) is 4.51. The third-order valence-electron chi connectivity index (χ3n) is 4.61. The van der Waals surface area contributed by atoms with Gasteiger partial charge < -0.3 is 24.5 Å². The maximum atomic E-state index is 12.1. The molecule has 0 spiro atoms. The molecule has 0 saturated heterocycles. The zero-order valence-corrected chi connectivity index (χ0v) is 16.2. The summed E-state index contributed by atoms with van der Waals surface area (Å²) in [4.78, 5) is 19.9. The van der Waals surface area contributed by atoms with Crippen molar-refractivity contribution in [3.63, 3.8) is 0 Å². The van der Waals surface area contributed by atoms with Gasteiger partial charge in [0.05, 0.1) is 18.1 Å². The summed E-state index contributed by atoms with van der Waals surface area (Å²) in [6.07, 6.45) is 4.82. The van der Waals surface area contributed by atoms with Crippen LogP contribution in [0.1, 0.15) is 17.8 Å². The van der Waals surface area contributed by atoms with Gasteiger partial charge in [-0.1, -0.05) is 12.1 Å². The highest BCUT2D eigenvalue weighted by Gasteiger charge is 2.17. The van der Waals surface area contributed by atoms with Gasteiger partial charge in [0.15, 0.2) is 11.5 Å². The molecule has 29 heavy (non-hydrogen) atoms. The lowest BCUT2D eigenvalue weighted by Gasteiger charge is -2.20. The summed E-state index contributed by atoms with van der Waals surface area (Å²) in [5, 5.41) is 2.89. The maximum Gasteiger partial charge on any atom is 0.243 e. The Bertz CT molecular complexity index is 991. The van der Waals surface area contributed by atoms with E-state index in [0.717, 1.165) is 35.3 Å². The second-order valence-corrected chi connectivity index (χ2v) is 6.68.